The molecule has 0 atom stereocenters. The van der Waals surface area contributed by atoms with Crippen molar-refractivity contribution in [2.24, 2.45) is 0 Å². The van der Waals surface area contributed by atoms with Crippen LogP contribution in [0, 0.1) is 0 Å². The fourth-order valence-electron chi connectivity index (χ4n) is 2.99. The highest BCUT2D eigenvalue weighted by atomic mass is 79.9. The van der Waals surface area contributed by atoms with E-state index in [1.54, 1.807) is 0 Å². The molecule has 0 saturated carbocycles. The predicted octanol–water partition coefficient (Wildman–Crippen LogP) is 6.65. The van der Waals surface area contributed by atoms with E-state index < -0.39 is 7.92 Å². The summed E-state index contributed by atoms with van der Waals surface area (Å²) in [6.07, 6.45) is 0. The highest BCUT2D eigenvalue weighted by molar-refractivity contribution is 9.10. The average Bonchev–Trinajstić information content (AvgIpc) is 2.73. The number of halogens is 2. The second-order valence-electron chi connectivity index (χ2n) is 6.15. The van der Waals surface area contributed by atoms with Crippen LogP contribution in [0.4, 0.5) is 0 Å². The molecule has 28 heavy (non-hydrogen) atoms. The van der Waals surface area contributed by atoms with Gasteiger partial charge >= 0.3 is 0 Å². The molecule has 4 aromatic carbocycles. The topological polar surface area (TPSA) is 9.23 Å². The Morgan fingerprint density at radius 2 is 1.21 bits per heavy atom. The van der Waals surface area contributed by atoms with Gasteiger partial charge in [0.05, 0.1) is 4.47 Å². The fourth-order valence-corrected chi connectivity index (χ4v) is 6.12. The number of para-hydroxylation sites is 1. The van der Waals surface area contributed by atoms with Crippen molar-refractivity contribution < 1.29 is 4.74 Å². The second-order valence-corrected chi connectivity index (χ2v) is 9.63. The van der Waals surface area contributed by atoms with Crippen LogP contribution in [0.2, 0.25) is 5.02 Å². The normalized spacial score (nSPS) is 10.8. The van der Waals surface area contributed by atoms with Gasteiger partial charge in [-0.25, -0.2) is 0 Å². The molecule has 0 amide bonds. The van der Waals surface area contributed by atoms with Crippen molar-refractivity contribution in [2.75, 3.05) is 0 Å². The minimum absolute atomic E-state index is 0.670. The Balaban J connectivity index is 1.82. The van der Waals surface area contributed by atoms with Gasteiger partial charge in [0.25, 0.3) is 0 Å². The predicted molar refractivity (Wildman–Crippen MR) is 124 cm³/mol. The Hall–Kier alpha value is -2.12. The van der Waals surface area contributed by atoms with E-state index in [0.29, 0.717) is 5.02 Å². The number of ether oxygens (including phenoxy) is 1. The average molecular weight is 468 g/mol. The molecule has 0 saturated heterocycles. The van der Waals surface area contributed by atoms with Crippen molar-refractivity contribution >= 4 is 51.4 Å². The monoisotopic (exact) mass is 466 g/mol. The minimum atomic E-state index is -0.745. The summed E-state index contributed by atoms with van der Waals surface area (Å²) in [6, 6.07) is 35.0. The van der Waals surface area contributed by atoms with Gasteiger partial charge in [-0.3, -0.25) is 0 Å². The van der Waals surface area contributed by atoms with E-state index in [-0.39, 0.29) is 0 Å². The summed E-state index contributed by atoms with van der Waals surface area (Å²) >= 11 is 9.63. The van der Waals surface area contributed by atoms with Crippen molar-refractivity contribution in [1.82, 2.24) is 0 Å². The Labute approximate surface area is 179 Å². The summed E-state index contributed by atoms with van der Waals surface area (Å²) < 4.78 is 7.16. The van der Waals surface area contributed by atoms with Gasteiger partial charge in [-0.2, -0.15) is 0 Å². The van der Waals surface area contributed by atoms with E-state index in [1.807, 2.05) is 30.3 Å². The lowest BCUT2D eigenvalue weighted by Gasteiger charge is -2.22. The van der Waals surface area contributed by atoms with Gasteiger partial charge in [-0.15, -0.1) is 0 Å². The van der Waals surface area contributed by atoms with Crippen LogP contribution in [0.1, 0.15) is 0 Å². The minimum Gasteiger partial charge on any atom is -0.455 e. The van der Waals surface area contributed by atoms with Crippen molar-refractivity contribution in [3.63, 3.8) is 0 Å². The smallest absolute Gasteiger partial charge is 0.141 e. The quantitative estimate of drug-likeness (QED) is 0.298. The van der Waals surface area contributed by atoms with Gasteiger partial charge in [0.1, 0.15) is 11.5 Å². The Morgan fingerprint density at radius 1 is 0.643 bits per heavy atom. The molecule has 0 bridgehead atoms. The summed E-state index contributed by atoms with van der Waals surface area (Å²) in [5, 5.41) is 4.42. The van der Waals surface area contributed by atoms with Gasteiger partial charge in [0.2, 0.25) is 0 Å². The van der Waals surface area contributed by atoms with Gasteiger partial charge in [-0.05, 0) is 58.7 Å². The summed E-state index contributed by atoms with van der Waals surface area (Å²) in [6.45, 7) is 0. The maximum atomic E-state index is 6.33. The molecule has 0 N–H and O–H groups in total. The summed E-state index contributed by atoms with van der Waals surface area (Å²) in [5.41, 5.74) is 0. The van der Waals surface area contributed by atoms with Gasteiger partial charge in [0, 0.05) is 10.3 Å². The maximum absolute atomic E-state index is 6.33. The molecule has 0 fully saturated rings. The lowest BCUT2D eigenvalue weighted by atomic mass is 10.3. The molecule has 0 aliphatic rings. The molecule has 4 rings (SSSR count). The Morgan fingerprint density at radius 3 is 1.82 bits per heavy atom. The Bertz CT molecular complexity index is 1030. The zero-order valence-electron chi connectivity index (χ0n) is 14.9. The maximum Gasteiger partial charge on any atom is 0.141 e. The van der Waals surface area contributed by atoms with Crippen LogP contribution in [0.3, 0.4) is 0 Å². The van der Waals surface area contributed by atoms with E-state index >= 15 is 0 Å². The molecule has 4 aromatic rings. The lowest BCUT2D eigenvalue weighted by molar-refractivity contribution is 0.483. The third-order valence-corrected chi connectivity index (χ3v) is 7.58. The van der Waals surface area contributed by atoms with E-state index in [4.69, 9.17) is 16.3 Å². The van der Waals surface area contributed by atoms with Crippen LogP contribution in [-0.2, 0) is 0 Å². The summed E-state index contributed by atoms with van der Waals surface area (Å²) in [4.78, 5) is 0. The SMILES string of the molecule is Clc1ccc(Oc2ccccc2P(c2ccccc2)c2ccccc2)c(Br)c1. The summed E-state index contributed by atoms with van der Waals surface area (Å²) in [7, 11) is -0.745. The van der Waals surface area contributed by atoms with E-state index in [9.17, 15) is 0 Å². The molecule has 0 unspecified atom stereocenters. The molecule has 0 radical (unpaired) electrons. The standard InChI is InChI=1S/C24H17BrClOP/c25-21-17-18(26)15-16-22(21)27-23-13-7-8-14-24(23)28(19-9-3-1-4-10-19)20-11-5-2-6-12-20/h1-17H. The van der Waals surface area contributed by atoms with Crippen LogP contribution in [-0.4, -0.2) is 0 Å². The zero-order valence-corrected chi connectivity index (χ0v) is 18.2. The van der Waals surface area contributed by atoms with Crippen molar-refractivity contribution in [3.05, 3.63) is 113 Å². The zero-order chi connectivity index (χ0) is 19.3. The highest BCUT2D eigenvalue weighted by Gasteiger charge is 2.20. The molecule has 0 spiro atoms. The molecular weight excluding hydrogens is 451 g/mol. The van der Waals surface area contributed by atoms with Crippen molar-refractivity contribution in [3.8, 4) is 11.5 Å². The molecule has 1 nitrogen and oxygen atoms in total. The fraction of sp³-hybridized carbons (Fsp3) is 0. The van der Waals surface area contributed by atoms with Gasteiger partial charge < -0.3 is 4.74 Å². The number of hydrogen-bond donors (Lipinski definition) is 0. The largest absolute Gasteiger partial charge is 0.455 e. The van der Waals surface area contributed by atoms with Crippen LogP contribution >= 0.6 is 35.5 Å². The lowest BCUT2D eigenvalue weighted by Crippen LogP contribution is -2.21. The molecule has 0 aliphatic heterocycles. The third-order valence-electron chi connectivity index (χ3n) is 4.25. The van der Waals surface area contributed by atoms with Gasteiger partial charge in [0.15, 0.2) is 0 Å². The molecule has 0 aromatic heterocycles. The highest BCUT2D eigenvalue weighted by Crippen LogP contribution is 2.39. The van der Waals surface area contributed by atoms with Gasteiger partial charge in [-0.1, -0.05) is 90.5 Å². The summed E-state index contributed by atoms with van der Waals surface area (Å²) in [5.74, 6) is 1.59. The molecule has 0 aliphatic carbocycles. The Kier molecular flexibility index (Phi) is 6.12. The molecule has 4 heteroatoms. The van der Waals surface area contributed by atoms with E-state index in [1.165, 1.54) is 15.9 Å². The van der Waals surface area contributed by atoms with Crippen LogP contribution in [0.5, 0.6) is 11.5 Å². The van der Waals surface area contributed by atoms with Crippen molar-refractivity contribution in [1.29, 1.82) is 0 Å². The third kappa shape index (κ3) is 4.31. The van der Waals surface area contributed by atoms with E-state index in [0.717, 1.165) is 16.0 Å². The van der Waals surface area contributed by atoms with Crippen LogP contribution in [0.15, 0.2) is 108 Å². The molecule has 0 heterocycles. The van der Waals surface area contributed by atoms with Crippen LogP contribution < -0.4 is 20.7 Å². The molecule has 138 valence electrons. The van der Waals surface area contributed by atoms with E-state index in [2.05, 4.69) is 88.7 Å². The molecular formula is C24H17BrClOP. The van der Waals surface area contributed by atoms with Crippen LogP contribution in [0.25, 0.3) is 0 Å². The number of benzene rings is 4. The first kappa shape index (κ1) is 19.2. The number of hydrogen-bond acceptors (Lipinski definition) is 1. The second kappa shape index (κ2) is 8.92. The van der Waals surface area contributed by atoms with Crippen molar-refractivity contribution in [2.45, 2.75) is 0 Å². The first-order valence-corrected chi connectivity index (χ1v) is 11.4. The first-order valence-electron chi connectivity index (χ1n) is 8.84. The first-order chi connectivity index (χ1) is 13.7. The number of rotatable bonds is 5.